The number of nitrogen functional groups attached to an aromatic ring is 1. The third-order valence-electron chi connectivity index (χ3n) is 2.31. The van der Waals surface area contributed by atoms with Crippen molar-refractivity contribution in [1.29, 1.82) is 0 Å². The molecule has 0 heterocycles. The van der Waals surface area contributed by atoms with Crippen molar-refractivity contribution in [3.05, 3.63) is 52.3 Å². The van der Waals surface area contributed by atoms with E-state index < -0.39 is 0 Å². The molecule has 0 saturated carbocycles. The van der Waals surface area contributed by atoms with Crippen LogP contribution in [0.2, 0.25) is 0 Å². The van der Waals surface area contributed by atoms with E-state index in [1.54, 1.807) is 6.07 Å². The highest BCUT2D eigenvalue weighted by Gasteiger charge is 2.02. The Hall–Kier alpha value is -1.55. The van der Waals surface area contributed by atoms with Crippen molar-refractivity contribution >= 4 is 33.0 Å². The molecule has 2 nitrogen and oxygen atoms in total. The SMILES string of the molecule is Cc1cc(N)cc(Nc2ccc(F)cc2Br)c1. The fourth-order valence-corrected chi connectivity index (χ4v) is 2.08. The molecule has 88 valence electrons. The summed E-state index contributed by atoms with van der Waals surface area (Å²) < 4.78 is 13.6. The number of aryl methyl sites for hydroxylation is 1. The molecule has 3 N–H and O–H groups in total. The number of halogens is 2. The molecular formula is C13H12BrFN2. The van der Waals surface area contributed by atoms with Gasteiger partial charge < -0.3 is 11.1 Å². The quantitative estimate of drug-likeness (QED) is 0.814. The van der Waals surface area contributed by atoms with Crippen LogP contribution in [0.5, 0.6) is 0 Å². The number of hydrogen-bond donors (Lipinski definition) is 2. The Morgan fingerprint density at radius 2 is 1.94 bits per heavy atom. The molecule has 4 heteroatoms. The van der Waals surface area contributed by atoms with Crippen molar-refractivity contribution in [2.75, 3.05) is 11.1 Å². The topological polar surface area (TPSA) is 38.0 Å². The van der Waals surface area contributed by atoms with E-state index in [2.05, 4.69) is 21.2 Å². The maximum Gasteiger partial charge on any atom is 0.124 e. The monoisotopic (exact) mass is 294 g/mol. The Kier molecular flexibility index (Phi) is 3.33. The predicted octanol–water partition coefficient (Wildman–Crippen LogP) is 4.22. The van der Waals surface area contributed by atoms with Gasteiger partial charge in [-0.15, -0.1) is 0 Å². The second-order valence-electron chi connectivity index (χ2n) is 3.88. The lowest BCUT2D eigenvalue weighted by Crippen LogP contribution is -1.94. The Morgan fingerprint density at radius 3 is 2.59 bits per heavy atom. The normalized spacial score (nSPS) is 10.3. The van der Waals surface area contributed by atoms with Crippen molar-refractivity contribution in [2.45, 2.75) is 6.92 Å². The average Bonchev–Trinajstić information content (AvgIpc) is 2.21. The minimum Gasteiger partial charge on any atom is -0.399 e. The smallest absolute Gasteiger partial charge is 0.124 e. The van der Waals surface area contributed by atoms with Gasteiger partial charge in [-0.1, -0.05) is 0 Å². The van der Waals surface area contributed by atoms with E-state index in [4.69, 9.17) is 5.73 Å². The van der Waals surface area contributed by atoms with E-state index in [9.17, 15) is 4.39 Å². The second-order valence-corrected chi connectivity index (χ2v) is 4.74. The summed E-state index contributed by atoms with van der Waals surface area (Å²) >= 11 is 3.31. The third-order valence-corrected chi connectivity index (χ3v) is 2.97. The van der Waals surface area contributed by atoms with E-state index in [0.717, 1.165) is 16.9 Å². The molecule has 0 aromatic heterocycles. The first-order valence-electron chi connectivity index (χ1n) is 5.14. The molecule has 0 atom stereocenters. The maximum atomic E-state index is 12.9. The minimum atomic E-state index is -0.272. The van der Waals surface area contributed by atoms with E-state index in [1.807, 2.05) is 25.1 Å². The highest BCUT2D eigenvalue weighted by Crippen LogP contribution is 2.27. The van der Waals surface area contributed by atoms with Crippen LogP contribution in [0.4, 0.5) is 21.5 Å². The Balaban J connectivity index is 2.31. The largest absolute Gasteiger partial charge is 0.399 e. The van der Waals surface area contributed by atoms with Crippen LogP contribution < -0.4 is 11.1 Å². The Labute approximate surface area is 108 Å². The summed E-state index contributed by atoms with van der Waals surface area (Å²) in [6, 6.07) is 10.2. The molecule has 0 unspecified atom stereocenters. The van der Waals surface area contributed by atoms with Crippen molar-refractivity contribution in [1.82, 2.24) is 0 Å². The van der Waals surface area contributed by atoms with Crippen molar-refractivity contribution in [3.63, 3.8) is 0 Å². The van der Waals surface area contributed by atoms with Gasteiger partial charge in [0.15, 0.2) is 0 Å². The van der Waals surface area contributed by atoms with Gasteiger partial charge in [0.1, 0.15) is 5.82 Å². The fourth-order valence-electron chi connectivity index (χ4n) is 1.63. The summed E-state index contributed by atoms with van der Waals surface area (Å²) in [5.74, 6) is -0.272. The Bertz CT molecular complexity index is 535. The van der Waals surface area contributed by atoms with Crippen LogP contribution in [0.25, 0.3) is 0 Å². The number of nitrogens with two attached hydrogens (primary N) is 1. The van der Waals surface area contributed by atoms with Crippen molar-refractivity contribution in [2.24, 2.45) is 0 Å². The highest BCUT2D eigenvalue weighted by atomic mass is 79.9. The van der Waals surface area contributed by atoms with Crippen molar-refractivity contribution in [3.8, 4) is 0 Å². The summed E-state index contributed by atoms with van der Waals surface area (Å²) in [6.45, 7) is 1.97. The van der Waals surface area contributed by atoms with Gasteiger partial charge in [0.05, 0.1) is 5.69 Å². The summed E-state index contributed by atoms with van der Waals surface area (Å²) in [5.41, 5.74) is 9.22. The number of benzene rings is 2. The van der Waals surface area contributed by atoms with Crippen LogP contribution in [0, 0.1) is 12.7 Å². The molecule has 0 saturated heterocycles. The first-order chi connectivity index (χ1) is 8.04. The van der Waals surface area contributed by atoms with Gasteiger partial charge >= 0.3 is 0 Å². The highest BCUT2D eigenvalue weighted by molar-refractivity contribution is 9.10. The average molecular weight is 295 g/mol. The molecule has 0 aliphatic heterocycles. The molecule has 0 radical (unpaired) electrons. The van der Waals surface area contributed by atoms with Gasteiger partial charge in [0.25, 0.3) is 0 Å². The van der Waals surface area contributed by atoms with Crippen LogP contribution >= 0.6 is 15.9 Å². The van der Waals surface area contributed by atoms with Crippen LogP contribution in [0.15, 0.2) is 40.9 Å². The zero-order valence-corrected chi connectivity index (χ0v) is 10.9. The number of nitrogens with one attached hydrogen (secondary N) is 1. The van der Waals surface area contributed by atoms with Gasteiger partial charge in [-0.05, 0) is 64.8 Å². The Morgan fingerprint density at radius 1 is 1.18 bits per heavy atom. The summed E-state index contributed by atoms with van der Waals surface area (Å²) in [7, 11) is 0. The maximum absolute atomic E-state index is 12.9. The number of anilines is 3. The summed E-state index contributed by atoms with van der Waals surface area (Å²) in [6.07, 6.45) is 0. The number of rotatable bonds is 2. The molecule has 2 aromatic carbocycles. The fraction of sp³-hybridized carbons (Fsp3) is 0.0769. The molecular weight excluding hydrogens is 283 g/mol. The van der Waals surface area contributed by atoms with Gasteiger partial charge in [-0.2, -0.15) is 0 Å². The third kappa shape index (κ3) is 2.97. The zero-order valence-electron chi connectivity index (χ0n) is 9.30. The van der Waals surface area contributed by atoms with Crippen LogP contribution in [0.1, 0.15) is 5.56 Å². The summed E-state index contributed by atoms with van der Waals surface area (Å²) in [5, 5.41) is 3.19. The van der Waals surface area contributed by atoms with Crippen LogP contribution in [0.3, 0.4) is 0 Å². The van der Waals surface area contributed by atoms with E-state index in [-0.39, 0.29) is 5.82 Å². The molecule has 17 heavy (non-hydrogen) atoms. The molecule has 2 aromatic rings. The minimum absolute atomic E-state index is 0.272. The lowest BCUT2D eigenvalue weighted by Gasteiger charge is -2.10. The lowest BCUT2D eigenvalue weighted by atomic mass is 10.2. The van der Waals surface area contributed by atoms with Crippen LogP contribution in [-0.4, -0.2) is 0 Å². The molecule has 0 fully saturated rings. The van der Waals surface area contributed by atoms with Gasteiger partial charge in [0, 0.05) is 15.8 Å². The molecule has 2 rings (SSSR count). The van der Waals surface area contributed by atoms with E-state index >= 15 is 0 Å². The molecule has 0 spiro atoms. The van der Waals surface area contributed by atoms with E-state index in [1.165, 1.54) is 12.1 Å². The zero-order chi connectivity index (χ0) is 12.4. The van der Waals surface area contributed by atoms with Gasteiger partial charge in [-0.25, -0.2) is 4.39 Å². The lowest BCUT2D eigenvalue weighted by molar-refractivity contribution is 0.627. The first-order valence-corrected chi connectivity index (χ1v) is 5.93. The standard InChI is InChI=1S/C13H12BrFN2/c1-8-4-10(16)7-11(5-8)17-13-3-2-9(15)6-12(13)14/h2-7,17H,16H2,1H3. The predicted molar refractivity (Wildman–Crippen MR) is 73.0 cm³/mol. The first kappa shape index (κ1) is 11.9. The molecule has 0 aliphatic rings. The second kappa shape index (κ2) is 4.75. The number of hydrogen-bond acceptors (Lipinski definition) is 2. The van der Waals surface area contributed by atoms with Gasteiger partial charge in [-0.3, -0.25) is 0 Å². The van der Waals surface area contributed by atoms with Crippen LogP contribution in [-0.2, 0) is 0 Å². The molecule has 0 aliphatic carbocycles. The molecule has 0 bridgehead atoms. The summed E-state index contributed by atoms with van der Waals surface area (Å²) in [4.78, 5) is 0. The van der Waals surface area contributed by atoms with E-state index in [0.29, 0.717) is 10.2 Å². The van der Waals surface area contributed by atoms with Gasteiger partial charge in [0.2, 0.25) is 0 Å². The van der Waals surface area contributed by atoms with Crippen molar-refractivity contribution < 1.29 is 4.39 Å². The molecule has 0 amide bonds.